The van der Waals surface area contributed by atoms with Crippen LogP contribution in [0.4, 0.5) is 0 Å². The number of H-pyrrole nitrogens is 2. The summed E-state index contributed by atoms with van der Waals surface area (Å²) in [7, 11) is 0. The molecule has 0 unspecified atom stereocenters. The minimum atomic E-state index is -0.745. The van der Waals surface area contributed by atoms with E-state index in [2.05, 4.69) is 22.2 Å². The minimum Gasteiger partial charge on any atom is -0.481 e. The van der Waals surface area contributed by atoms with Crippen molar-refractivity contribution in [1.82, 2.24) is 9.97 Å². The van der Waals surface area contributed by atoms with Crippen molar-refractivity contribution in [3.8, 4) is 0 Å². The van der Waals surface area contributed by atoms with Crippen LogP contribution in [-0.2, 0) is 4.79 Å². The van der Waals surface area contributed by atoms with Crippen molar-refractivity contribution in [3.63, 3.8) is 0 Å². The molecule has 0 amide bonds. The fraction of sp³-hybridized carbons (Fsp3) is 0.286. The molecular weight excluding hydrogens is 192 g/mol. The summed E-state index contributed by atoms with van der Waals surface area (Å²) in [6.07, 6.45) is 1.72. The number of hydrogen-bond acceptors (Lipinski definition) is 3. The molecule has 1 aromatic heterocycles. The number of rotatable bonds is 1. The van der Waals surface area contributed by atoms with Crippen molar-refractivity contribution in [3.05, 3.63) is 27.4 Å². The molecule has 0 aromatic carbocycles. The largest absolute Gasteiger partial charge is 0.481 e. The van der Waals surface area contributed by atoms with Crippen LogP contribution < -0.4 is 5.56 Å². The molecule has 3 N–H and O–H groups in total. The number of aromatic amines is 2. The molecular formula is C7H10N2O3S. The molecule has 0 saturated heterocycles. The highest BCUT2D eigenvalue weighted by Gasteiger charge is 1.80. The minimum absolute atomic E-state index is 0.172. The molecule has 0 spiro atoms. The number of nitrogens with one attached hydrogen (secondary N) is 2. The Morgan fingerprint density at radius 2 is 2.23 bits per heavy atom. The van der Waals surface area contributed by atoms with Gasteiger partial charge in [0.05, 0.1) is 0 Å². The van der Waals surface area contributed by atoms with Gasteiger partial charge < -0.3 is 10.1 Å². The molecule has 0 saturated carbocycles. The molecule has 5 nitrogen and oxygen atoms in total. The summed E-state index contributed by atoms with van der Waals surface area (Å²) in [6.45, 7) is 1.60. The summed E-state index contributed by atoms with van der Waals surface area (Å²) in [5, 5.41) is 7.72. The molecule has 0 fully saturated rings. The average molecular weight is 202 g/mol. The van der Waals surface area contributed by atoms with Gasteiger partial charge in [0.2, 0.25) is 0 Å². The van der Waals surface area contributed by atoms with Crippen LogP contribution in [0.2, 0.25) is 0 Å². The van der Waals surface area contributed by atoms with E-state index in [0.717, 1.165) is 0 Å². The fourth-order valence-corrected chi connectivity index (χ4v) is 0.551. The Morgan fingerprint density at radius 3 is 2.46 bits per heavy atom. The maximum atomic E-state index is 10.3. The van der Waals surface area contributed by atoms with Gasteiger partial charge in [-0.3, -0.25) is 14.6 Å². The Morgan fingerprint density at radius 1 is 1.69 bits per heavy atom. The van der Waals surface area contributed by atoms with Gasteiger partial charge in [-0.1, -0.05) is 6.92 Å². The third kappa shape index (κ3) is 6.95. The molecule has 0 bridgehead atoms. The first-order valence-electron chi connectivity index (χ1n) is 3.56. The van der Waals surface area contributed by atoms with Crippen LogP contribution in [0.15, 0.2) is 17.1 Å². The lowest BCUT2D eigenvalue weighted by Crippen LogP contribution is -2.02. The van der Waals surface area contributed by atoms with Crippen LogP contribution in [-0.4, -0.2) is 21.0 Å². The normalized spacial score (nSPS) is 8.38. The molecule has 1 heterocycles. The number of carboxylic acids is 1. The van der Waals surface area contributed by atoms with Gasteiger partial charge in [0.25, 0.3) is 5.56 Å². The monoisotopic (exact) mass is 202 g/mol. The van der Waals surface area contributed by atoms with E-state index >= 15 is 0 Å². The lowest BCUT2D eigenvalue weighted by molar-refractivity contribution is -0.136. The van der Waals surface area contributed by atoms with Crippen molar-refractivity contribution in [2.45, 2.75) is 13.3 Å². The Balaban J connectivity index is 0.000000252. The number of carbonyl (C=O) groups is 1. The first-order chi connectivity index (χ1) is 6.06. The predicted octanol–water partition coefficient (Wildman–Crippen LogP) is 0.913. The summed E-state index contributed by atoms with van der Waals surface area (Å²) < 4.78 is 0.359. The van der Waals surface area contributed by atoms with Crippen molar-refractivity contribution < 1.29 is 9.90 Å². The van der Waals surface area contributed by atoms with Crippen LogP contribution >= 0.6 is 12.2 Å². The van der Waals surface area contributed by atoms with Gasteiger partial charge in [0.1, 0.15) is 0 Å². The zero-order chi connectivity index (χ0) is 10.3. The smallest absolute Gasteiger partial charge is 0.303 e. The molecule has 1 aromatic rings. The van der Waals surface area contributed by atoms with Gasteiger partial charge in [-0.2, -0.15) is 0 Å². The van der Waals surface area contributed by atoms with Gasteiger partial charge in [0.15, 0.2) is 4.77 Å². The molecule has 6 heteroatoms. The van der Waals surface area contributed by atoms with Crippen LogP contribution in [0.5, 0.6) is 0 Å². The average Bonchev–Trinajstić information content (AvgIpc) is 2.05. The highest BCUT2D eigenvalue weighted by molar-refractivity contribution is 7.71. The highest BCUT2D eigenvalue weighted by Crippen LogP contribution is 1.67. The quantitative estimate of drug-likeness (QED) is 0.591. The van der Waals surface area contributed by atoms with Crippen molar-refractivity contribution in [1.29, 1.82) is 0 Å². The summed E-state index contributed by atoms with van der Waals surface area (Å²) in [4.78, 5) is 24.7. The number of carboxylic acid groups (broad SMARTS) is 1. The van der Waals surface area contributed by atoms with Gasteiger partial charge in [-0.05, 0) is 12.2 Å². The van der Waals surface area contributed by atoms with Crippen LogP contribution in [0.1, 0.15) is 13.3 Å². The number of hydrogen-bond donors (Lipinski definition) is 3. The lowest BCUT2D eigenvalue weighted by Gasteiger charge is -1.78. The molecule has 0 aliphatic carbocycles. The second-order valence-electron chi connectivity index (χ2n) is 2.04. The Labute approximate surface area is 79.4 Å². The van der Waals surface area contributed by atoms with E-state index in [1.165, 1.54) is 12.3 Å². The SMILES string of the molecule is CCC(=O)O.O=c1cc[nH]c(=S)[nH]1. The molecule has 72 valence electrons. The first kappa shape index (κ1) is 11.6. The maximum Gasteiger partial charge on any atom is 0.303 e. The third-order valence-corrected chi connectivity index (χ3v) is 1.21. The van der Waals surface area contributed by atoms with Gasteiger partial charge in [0, 0.05) is 18.7 Å². The number of aromatic nitrogens is 2. The maximum absolute atomic E-state index is 10.3. The van der Waals surface area contributed by atoms with Gasteiger partial charge in [-0.25, -0.2) is 0 Å². The van der Waals surface area contributed by atoms with Crippen molar-refractivity contribution >= 4 is 18.2 Å². The second-order valence-corrected chi connectivity index (χ2v) is 2.45. The van der Waals surface area contributed by atoms with E-state index in [-0.39, 0.29) is 12.0 Å². The second kappa shape index (κ2) is 6.13. The summed E-state index contributed by atoms with van der Waals surface area (Å²) in [5.74, 6) is -0.745. The van der Waals surface area contributed by atoms with Gasteiger partial charge in [-0.15, -0.1) is 0 Å². The lowest BCUT2D eigenvalue weighted by atomic mass is 10.5. The van der Waals surface area contributed by atoms with Crippen molar-refractivity contribution in [2.24, 2.45) is 0 Å². The number of aliphatic carboxylic acids is 1. The Hall–Kier alpha value is -1.43. The molecule has 0 aliphatic heterocycles. The van der Waals surface area contributed by atoms with E-state index in [0.29, 0.717) is 4.77 Å². The third-order valence-electron chi connectivity index (χ3n) is 0.988. The molecule has 13 heavy (non-hydrogen) atoms. The van der Waals surface area contributed by atoms with E-state index < -0.39 is 5.97 Å². The Bertz CT molecular complexity index is 343. The molecule has 0 radical (unpaired) electrons. The zero-order valence-electron chi connectivity index (χ0n) is 7.03. The summed E-state index contributed by atoms with van der Waals surface area (Å²) in [5.41, 5.74) is -0.172. The van der Waals surface area contributed by atoms with Crippen molar-refractivity contribution in [2.75, 3.05) is 0 Å². The molecule has 0 atom stereocenters. The van der Waals surface area contributed by atoms with E-state index in [4.69, 9.17) is 5.11 Å². The first-order valence-corrected chi connectivity index (χ1v) is 3.97. The van der Waals surface area contributed by atoms with E-state index in [9.17, 15) is 9.59 Å². The molecule has 0 aliphatic rings. The summed E-state index contributed by atoms with van der Waals surface area (Å²) in [6, 6.07) is 1.37. The zero-order valence-corrected chi connectivity index (χ0v) is 7.85. The van der Waals surface area contributed by atoms with Crippen LogP contribution in [0.25, 0.3) is 0 Å². The van der Waals surface area contributed by atoms with Gasteiger partial charge >= 0.3 is 5.97 Å². The topological polar surface area (TPSA) is 85.9 Å². The summed E-state index contributed by atoms with van der Waals surface area (Å²) >= 11 is 4.59. The van der Waals surface area contributed by atoms with E-state index in [1.54, 1.807) is 6.92 Å². The standard InChI is InChI=1S/C4H4N2OS.C3H6O2/c7-3-1-2-5-4(8)6-3;1-2-3(4)5/h1-2H,(H2,5,6,7,8);2H2,1H3,(H,4,5). The highest BCUT2D eigenvalue weighted by atomic mass is 32.1. The predicted molar refractivity (Wildman–Crippen MR) is 50.2 cm³/mol. The van der Waals surface area contributed by atoms with E-state index in [1.807, 2.05) is 0 Å². The fourth-order valence-electron chi connectivity index (χ4n) is 0.383. The van der Waals surface area contributed by atoms with Crippen LogP contribution in [0.3, 0.4) is 0 Å². The Kier molecular flexibility index (Phi) is 5.45. The van der Waals surface area contributed by atoms with Crippen LogP contribution in [0, 0.1) is 4.77 Å². The molecule has 1 rings (SSSR count).